The molecule has 2 aliphatic heterocycles. The van der Waals surface area contributed by atoms with E-state index in [1.807, 2.05) is 11.8 Å². The molecule has 6 nitrogen and oxygen atoms in total. The molecule has 20 heavy (non-hydrogen) atoms. The maximum absolute atomic E-state index is 12.4. The van der Waals surface area contributed by atoms with Crippen LogP contribution in [-0.4, -0.2) is 74.0 Å². The van der Waals surface area contributed by atoms with Crippen LogP contribution in [0, 0.1) is 11.8 Å². The molecule has 0 bridgehead atoms. The van der Waals surface area contributed by atoms with Crippen molar-refractivity contribution in [3.05, 3.63) is 0 Å². The fourth-order valence-corrected chi connectivity index (χ4v) is 2.96. The molecule has 2 aliphatic rings. The molecule has 6 heteroatoms. The predicted octanol–water partition coefficient (Wildman–Crippen LogP) is -0.878. The van der Waals surface area contributed by atoms with E-state index in [2.05, 4.69) is 22.5 Å². The van der Waals surface area contributed by atoms with Gasteiger partial charge in [-0.1, -0.05) is 6.92 Å². The Bertz CT molecular complexity index is 353. The second kappa shape index (κ2) is 7.04. The Morgan fingerprint density at radius 2 is 1.90 bits per heavy atom. The highest BCUT2D eigenvalue weighted by molar-refractivity contribution is 5.80. The summed E-state index contributed by atoms with van der Waals surface area (Å²) in [5.41, 5.74) is 0. The first kappa shape index (κ1) is 15.3. The number of amides is 2. The van der Waals surface area contributed by atoms with Crippen LogP contribution in [0.15, 0.2) is 0 Å². The number of nitrogens with one attached hydrogen (secondary N) is 2. The van der Waals surface area contributed by atoms with Crippen molar-refractivity contribution in [2.24, 2.45) is 11.8 Å². The van der Waals surface area contributed by atoms with Crippen LogP contribution in [0.2, 0.25) is 0 Å². The smallest absolute Gasteiger partial charge is 0.234 e. The van der Waals surface area contributed by atoms with E-state index in [9.17, 15) is 9.59 Å². The van der Waals surface area contributed by atoms with Crippen molar-refractivity contribution in [1.82, 2.24) is 20.4 Å². The minimum Gasteiger partial charge on any atom is -0.355 e. The van der Waals surface area contributed by atoms with Crippen molar-refractivity contribution < 1.29 is 9.59 Å². The Hall–Kier alpha value is -1.14. The van der Waals surface area contributed by atoms with Gasteiger partial charge in [0.05, 0.1) is 12.5 Å². The van der Waals surface area contributed by atoms with Crippen LogP contribution in [0.1, 0.15) is 13.8 Å². The van der Waals surface area contributed by atoms with Gasteiger partial charge in [0.25, 0.3) is 0 Å². The van der Waals surface area contributed by atoms with Gasteiger partial charge >= 0.3 is 0 Å². The summed E-state index contributed by atoms with van der Waals surface area (Å²) in [5.74, 6) is 0.904. The third kappa shape index (κ3) is 3.70. The van der Waals surface area contributed by atoms with Gasteiger partial charge < -0.3 is 15.5 Å². The molecule has 0 spiro atoms. The van der Waals surface area contributed by atoms with Crippen LogP contribution >= 0.6 is 0 Å². The van der Waals surface area contributed by atoms with Crippen LogP contribution in [0.4, 0.5) is 0 Å². The van der Waals surface area contributed by atoms with Crippen LogP contribution in [-0.2, 0) is 9.59 Å². The lowest BCUT2D eigenvalue weighted by Crippen LogP contribution is -2.52. The number of hydrogen-bond acceptors (Lipinski definition) is 4. The van der Waals surface area contributed by atoms with E-state index < -0.39 is 0 Å². The average molecular weight is 282 g/mol. The monoisotopic (exact) mass is 282 g/mol. The highest BCUT2D eigenvalue weighted by Crippen LogP contribution is 2.19. The largest absolute Gasteiger partial charge is 0.355 e. The van der Waals surface area contributed by atoms with Gasteiger partial charge in [0.15, 0.2) is 0 Å². The molecule has 114 valence electrons. The third-order valence-corrected chi connectivity index (χ3v) is 4.26. The second-order valence-electron chi connectivity index (χ2n) is 5.80. The van der Waals surface area contributed by atoms with Crippen molar-refractivity contribution in [2.75, 3.05) is 52.4 Å². The van der Waals surface area contributed by atoms with Gasteiger partial charge in [-0.15, -0.1) is 0 Å². The van der Waals surface area contributed by atoms with E-state index >= 15 is 0 Å². The molecular weight excluding hydrogens is 256 g/mol. The van der Waals surface area contributed by atoms with Gasteiger partial charge in [-0.25, -0.2) is 0 Å². The molecule has 2 amide bonds. The summed E-state index contributed by atoms with van der Waals surface area (Å²) in [4.78, 5) is 28.0. The van der Waals surface area contributed by atoms with Crippen molar-refractivity contribution in [3.8, 4) is 0 Å². The van der Waals surface area contributed by atoms with Gasteiger partial charge in [0, 0.05) is 39.3 Å². The molecule has 2 unspecified atom stereocenters. The number of piperazine rings is 1. The van der Waals surface area contributed by atoms with Gasteiger partial charge in [-0.3, -0.25) is 14.5 Å². The fraction of sp³-hybridized carbons (Fsp3) is 0.857. The summed E-state index contributed by atoms with van der Waals surface area (Å²) in [6, 6.07) is 0. The number of likely N-dealkylation sites (N-methyl/N-ethyl adjacent to an activating group) is 1. The molecular formula is C14H26N4O2. The lowest BCUT2D eigenvalue weighted by atomic mass is 9.96. The second-order valence-corrected chi connectivity index (χ2v) is 5.80. The molecule has 0 radical (unpaired) electrons. The molecule has 0 saturated carbocycles. The molecule has 2 saturated heterocycles. The van der Waals surface area contributed by atoms with E-state index in [1.165, 1.54) is 0 Å². The first-order valence-corrected chi connectivity index (χ1v) is 7.60. The van der Waals surface area contributed by atoms with Gasteiger partial charge in [-0.2, -0.15) is 0 Å². The zero-order valence-corrected chi connectivity index (χ0v) is 12.5. The summed E-state index contributed by atoms with van der Waals surface area (Å²) in [6.45, 7) is 9.96. The molecule has 2 N–H and O–H groups in total. The molecule has 0 aromatic carbocycles. The Morgan fingerprint density at radius 1 is 1.20 bits per heavy atom. The van der Waals surface area contributed by atoms with Crippen molar-refractivity contribution in [2.45, 2.75) is 13.8 Å². The van der Waals surface area contributed by atoms with Gasteiger partial charge in [0.2, 0.25) is 11.8 Å². The first-order chi connectivity index (χ1) is 9.61. The number of carbonyl (C=O) groups excluding carboxylic acids is 2. The van der Waals surface area contributed by atoms with Crippen molar-refractivity contribution >= 4 is 11.8 Å². The molecule has 0 aliphatic carbocycles. The zero-order valence-electron chi connectivity index (χ0n) is 12.5. The Labute approximate surface area is 120 Å². The van der Waals surface area contributed by atoms with Gasteiger partial charge in [0.1, 0.15) is 0 Å². The third-order valence-electron chi connectivity index (χ3n) is 4.26. The van der Waals surface area contributed by atoms with Crippen LogP contribution < -0.4 is 10.6 Å². The molecule has 0 aromatic heterocycles. The average Bonchev–Trinajstić information content (AvgIpc) is 2.85. The Kier molecular flexibility index (Phi) is 5.37. The minimum absolute atomic E-state index is 0.0703. The lowest BCUT2D eigenvalue weighted by Gasteiger charge is -2.36. The van der Waals surface area contributed by atoms with Crippen LogP contribution in [0.5, 0.6) is 0 Å². The maximum atomic E-state index is 12.4. The molecule has 2 fully saturated rings. The quantitative estimate of drug-likeness (QED) is 0.703. The van der Waals surface area contributed by atoms with E-state index in [1.54, 1.807) is 0 Å². The maximum Gasteiger partial charge on any atom is 0.234 e. The van der Waals surface area contributed by atoms with Crippen LogP contribution in [0.3, 0.4) is 0 Å². The Balaban J connectivity index is 1.76. The summed E-state index contributed by atoms with van der Waals surface area (Å²) >= 11 is 0. The number of nitrogens with zero attached hydrogens (tertiary/aromatic N) is 2. The number of rotatable bonds is 4. The fourth-order valence-electron chi connectivity index (χ4n) is 2.96. The van der Waals surface area contributed by atoms with Gasteiger partial charge in [-0.05, 0) is 19.4 Å². The number of hydrogen-bond donors (Lipinski definition) is 2. The van der Waals surface area contributed by atoms with Crippen molar-refractivity contribution in [3.63, 3.8) is 0 Å². The van der Waals surface area contributed by atoms with E-state index in [-0.39, 0.29) is 17.7 Å². The summed E-state index contributed by atoms with van der Waals surface area (Å²) in [6.07, 6.45) is 0. The topological polar surface area (TPSA) is 64.7 Å². The molecule has 2 rings (SSSR count). The highest BCUT2D eigenvalue weighted by atomic mass is 16.2. The minimum atomic E-state index is 0.0703. The van der Waals surface area contributed by atoms with Crippen LogP contribution in [0.25, 0.3) is 0 Å². The summed E-state index contributed by atoms with van der Waals surface area (Å²) < 4.78 is 0. The molecule has 0 aromatic rings. The van der Waals surface area contributed by atoms with E-state index in [0.717, 1.165) is 39.3 Å². The lowest BCUT2D eigenvalue weighted by molar-refractivity contribution is -0.138. The standard InChI is InChI=1S/C14H26N4O2/c1-3-16-13(19)10-17-4-6-18(7-5-17)14(20)12-9-15-8-11(12)2/h11-12,15H,3-10H2,1-2H3,(H,16,19). The van der Waals surface area contributed by atoms with Crippen molar-refractivity contribution in [1.29, 1.82) is 0 Å². The normalized spacial score (nSPS) is 27.6. The highest BCUT2D eigenvalue weighted by Gasteiger charge is 2.34. The molecule has 2 heterocycles. The Morgan fingerprint density at radius 3 is 2.45 bits per heavy atom. The summed E-state index contributed by atoms with van der Waals surface area (Å²) in [7, 11) is 0. The number of carbonyl (C=O) groups is 2. The SMILES string of the molecule is CCNC(=O)CN1CCN(C(=O)C2CNCC2C)CC1. The predicted molar refractivity (Wildman–Crippen MR) is 77.2 cm³/mol. The first-order valence-electron chi connectivity index (χ1n) is 7.60. The molecule has 2 atom stereocenters. The van der Waals surface area contributed by atoms with E-state index in [0.29, 0.717) is 19.0 Å². The zero-order chi connectivity index (χ0) is 14.5. The summed E-state index contributed by atoms with van der Waals surface area (Å²) in [5, 5.41) is 6.09. The van der Waals surface area contributed by atoms with E-state index in [4.69, 9.17) is 0 Å².